The summed E-state index contributed by atoms with van der Waals surface area (Å²) in [5.41, 5.74) is 5.03. The van der Waals surface area contributed by atoms with Crippen LogP contribution < -0.4 is 10.6 Å². The second-order valence-corrected chi connectivity index (χ2v) is 10.4. The van der Waals surface area contributed by atoms with Gasteiger partial charge in [-0.15, -0.1) is 0 Å². The third-order valence-corrected chi connectivity index (χ3v) is 7.58. The van der Waals surface area contributed by atoms with Gasteiger partial charge in [0.25, 0.3) is 11.8 Å². The van der Waals surface area contributed by atoms with Crippen molar-refractivity contribution < 1.29 is 9.59 Å². The number of fused-ring (bicyclic) bond motifs is 2. The Kier molecular flexibility index (Phi) is 7.82. The molecule has 206 valence electrons. The van der Waals surface area contributed by atoms with Crippen LogP contribution in [0.1, 0.15) is 20.7 Å². The van der Waals surface area contributed by atoms with Gasteiger partial charge in [0.1, 0.15) is 0 Å². The fraction of sp³-hybridized carbons (Fsp3) is 0.0588. The number of carbonyl (C=O) groups excluding carboxylic acids is 2. The van der Waals surface area contributed by atoms with Crippen molar-refractivity contribution in [2.45, 2.75) is 0 Å². The zero-order valence-electron chi connectivity index (χ0n) is 22.3. The molecule has 0 unspecified atom stereocenters. The maximum Gasteiger partial charge on any atom is 0.252 e. The van der Waals surface area contributed by atoms with Crippen molar-refractivity contribution >= 4 is 56.8 Å². The Labute approximate surface area is 252 Å². The van der Waals surface area contributed by atoms with Crippen LogP contribution >= 0.6 is 23.2 Å². The molecule has 2 amide bonds. The Hall–Kier alpha value is -4.78. The molecule has 2 heterocycles. The molecule has 0 saturated carbocycles. The summed E-state index contributed by atoms with van der Waals surface area (Å²) >= 11 is 12.8. The highest BCUT2D eigenvalue weighted by molar-refractivity contribution is 6.33. The summed E-state index contributed by atoms with van der Waals surface area (Å²) in [5, 5.41) is 8.41. The number of hydrogen-bond acceptors (Lipinski definition) is 4. The smallest absolute Gasteiger partial charge is 0.252 e. The monoisotopic (exact) mass is 590 g/mol. The van der Waals surface area contributed by atoms with Crippen molar-refractivity contribution in [3.05, 3.63) is 130 Å². The second kappa shape index (κ2) is 12.0. The van der Waals surface area contributed by atoms with Gasteiger partial charge >= 0.3 is 0 Å². The quantitative estimate of drug-likeness (QED) is 0.188. The fourth-order valence-corrected chi connectivity index (χ4v) is 5.35. The van der Waals surface area contributed by atoms with E-state index in [9.17, 15) is 9.59 Å². The van der Waals surface area contributed by atoms with Crippen LogP contribution in [-0.4, -0.2) is 34.9 Å². The van der Waals surface area contributed by atoms with Crippen LogP contribution in [0.25, 0.3) is 44.3 Å². The summed E-state index contributed by atoms with van der Waals surface area (Å²) in [5.74, 6) is -0.543. The maximum absolute atomic E-state index is 13.3. The third-order valence-electron chi connectivity index (χ3n) is 6.92. The molecule has 0 bridgehead atoms. The topological polar surface area (TPSA) is 84.0 Å². The van der Waals surface area contributed by atoms with Gasteiger partial charge in [-0.1, -0.05) is 96.0 Å². The number of pyridine rings is 2. The molecule has 4 aromatic carbocycles. The number of rotatable bonds is 7. The van der Waals surface area contributed by atoms with Gasteiger partial charge in [-0.3, -0.25) is 9.59 Å². The number of halogens is 2. The van der Waals surface area contributed by atoms with Gasteiger partial charge in [0, 0.05) is 45.0 Å². The fourth-order valence-electron chi connectivity index (χ4n) is 4.88. The van der Waals surface area contributed by atoms with E-state index in [1.54, 1.807) is 24.3 Å². The molecule has 0 aliphatic carbocycles. The van der Waals surface area contributed by atoms with E-state index in [1.165, 1.54) is 0 Å². The van der Waals surface area contributed by atoms with Crippen LogP contribution in [0, 0.1) is 0 Å². The molecule has 0 atom stereocenters. The Morgan fingerprint density at radius 1 is 0.548 bits per heavy atom. The summed E-state index contributed by atoms with van der Waals surface area (Å²) in [6.07, 6.45) is 0. The van der Waals surface area contributed by atoms with Gasteiger partial charge in [0.15, 0.2) is 0 Å². The first-order valence-electron chi connectivity index (χ1n) is 13.4. The van der Waals surface area contributed by atoms with Crippen LogP contribution in [0.4, 0.5) is 0 Å². The maximum atomic E-state index is 13.3. The van der Waals surface area contributed by atoms with Gasteiger partial charge < -0.3 is 10.6 Å². The Bertz CT molecular complexity index is 1830. The molecule has 2 N–H and O–H groups in total. The summed E-state index contributed by atoms with van der Waals surface area (Å²) in [6, 6.07) is 33.2. The normalized spacial score (nSPS) is 11.0. The number of benzene rings is 4. The van der Waals surface area contributed by atoms with Crippen molar-refractivity contribution in [2.75, 3.05) is 13.1 Å². The van der Waals surface area contributed by atoms with E-state index in [1.807, 2.05) is 84.9 Å². The molecular formula is C34H24Cl2N4O2. The molecule has 2 aromatic heterocycles. The van der Waals surface area contributed by atoms with Gasteiger partial charge in [-0.2, -0.15) is 0 Å². The predicted molar refractivity (Wildman–Crippen MR) is 169 cm³/mol. The van der Waals surface area contributed by atoms with Crippen LogP contribution in [0.15, 0.2) is 109 Å². The van der Waals surface area contributed by atoms with Crippen molar-refractivity contribution in [1.82, 2.24) is 20.6 Å². The molecule has 0 saturated heterocycles. The van der Waals surface area contributed by atoms with Crippen molar-refractivity contribution in [1.29, 1.82) is 0 Å². The molecule has 0 fully saturated rings. The van der Waals surface area contributed by atoms with Crippen molar-refractivity contribution in [3.8, 4) is 22.5 Å². The first-order chi connectivity index (χ1) is 20.5. The molecule has 6 rings (SSSR count). The van der Waals surface area contributed by atoms with E-state index in [-0.39, 0.29) is 24.9 Å². The highest BCUT2D eigenvalue weighted by Gasteiger charge is 2.17. The molecule has 8 heteroatoms. The van der Waals surface area contributed by atoms with E-state index < -0.39 is 0 Å². The molecular weight excluding hydrogens is 567 g/mol. The lowest BCUT2D eigenvalue weighted by atomic mass is 10.0. The minimum Gasteiger partial charge on any atom is -0.350 e. The summed E-state index contributed by atoms with van der Waals surface area (Å²) < 4.78 is 0. The van der Waals surface area contributed by atoms with E-state index in [0.717, 1.165) is 21.9 Å². The first kappa shape index (κ1) is 27.4. The minimum atomic E-state index is -0.272. The summed E-state index contributed by atoms with van der Waals surface area (Å²) in [6.45, 7) is 0.450. The largest absolute Gasteiger partial charge is 0.350 e. The predicted octanol–water partition coefficient (Wildman–Crippen LogP) is 7.58. The number of aromatic nitrogens is 2. The highest BCUT2D eigenvalue weighted by atomic mass is 35.5. The summed E-state index contributed by atoms with van der Waals surface area (Å²) in [4.78, 5) is 36.1. The SMILES string of the molecule is O=C(NCCNC(=O)c1cc(-c2ccccc2Cl)nc2ccccc12)c1cc(-c2ccccc2Cl)nc2ccccc12. The van der Waals surface area contributed by atoms with E-state index >= 15 is 0 Å². The molecule has 0 aliphatic rings. The second-order valence-electron chi connectivity index (χ2n) is 9.62. The minimum absolute atomic E-state index is 0.225. The molecule has 0 spiro atoms. The number of nitrogens with zero attached hydrogens (tertiary/aromatic N) is 2. The number of hydrogen-bond donors (Lipinski definition) is 2. The van der Waals surface area contributed by atoms with E-state index in [4.69, 9.17) is 33.2 Å². The van der Waals surface area contributed by atoms with E-state index in [2.05, 4.69) is 10.6 Å². The van der Waals surface area contributed by atoms with E-state index in [0.29, 0.717) is 43.6 Å². The molecule has 6 aromatic rings. The Balaban J connectivity index is 1.20. The lowest BCUT2D eigenvalue weighted by Crippen LogP contribution is -2.35. The average Bonchev–Trinajstić information content (AvgIpc) is 3.02. The average molecular weight is 591 g/mol. The highest BCUT2D eigenvalue weighted by Crippen LogP contribution is 2.31. The number of carbonyl (C=O) groups is 2. The summed E-state index contributed by atoms with van der Waals surface area (Å²) in [7, 11) is 0. The van der Waals surface area contributed by atoms with Crippen molar-refractivity contribution in [2.24, 2.45) is 0 Å². The number of nitrogens with one attached hydrogen (secondary N) is 2. The first-order valence-corrected chi connectivity index (χ1v) is 14.1. The van der Waals surface area contributed by atoms with Gasteiger partial charge in [0.05, 0.1) is 33.5 Å². The van der Waals surface area contributed by atoms with Crippen LogP contribution in [0.3, 0.4) is 0 Å². The van der Waals surface area contributed by atoms with Crippen molar-refractivity contribution in [3.63, 3.8) is 0 Å². The standard InChI is InChI=1S/C34H24Cl2N4O2/c35-27-13-5-1-11-23(27)31-19-25(21-9-3-7-15-29(21)39-31)33(41)37-17-18-38-34(42)26-20-32(24-12-2-6-14-28(24)36)40-30-16-8-4-10-22(26)30/h1-16,19-20H,17-18H2,(H,37,41)(H,38,42). The van der Waals surface area contributed by atoms with Gasteiger partial charge in [0.2, 0.25) is 0 Å². The lowest BCUT2D eigenvalue weighted by molar-refractivity contribution is 0.0929. The zero-order valence-corrected chi connectivity index (χ0v) is 23.8. The zero-order chi connectivity index (χ0) is 29.1. The molecule has 6 nitrogen and oxygen atoms in total. The van der Waals surface area contributed by atoms with Crippen LogP contribution in [-0.2, 0) is 0 Å². The number of amides is 2. The van der Waals surface area contributed by atoms with Gasteiger partial charge in [-0.05, 0) is 36.4 Å². The van der Waals surface area contributed by atoms with Crippen LogP contribution in [0.5, 0.6) is 0 Å². The molecule has 0 radical (unpaired) electrons. The van der Waals surface area contributed by atoms with Crippen LogP contribution in [0.2, 0.25) is 10.0 Å². The number of para-hydroxylation sites is 2. The molecule has 42 heavy (non-hydrogen) atoms. The Morgan fingerprint density at radius 3 is 1.36 bits per heavy atom. The third kappa shape index (κ3) is 5.55. The molecule has 0 aliphatic heterocycles. The Morgan fingerprint density at radius 2 is 0.929 bits per heavy atom. The lowest BCUT2D eigenvalue weighted by Gasteiger charge is -2.13. The van der Waals surface area contributed by atoms with Gasteiger partial charge in [-0.25, -0.2) is 9.97 Å².